The third kappa shape index (κ3) is 4.26. The SMILES string of the molecule is CC(C)(C)c1ccc(C(N)CS(=O)c2ccccc2)cc1. The molecule has 0 amide bonds. The summed E-state index contributed by atoms with van der Waals surface area (Å²) in [6, 6.07) is 17.6. The van der Waals surface area contributed by atoms with Gasteiger partial charge >= 0.3 is 0 Å². The van der Waals surface area contributed by atoms with Crippen molar-refractivity contribution in [1.82, 2.24) is 0 Å². The van der Waals surface area contributed by atoms with Crippen molar-refractivity contribution >= 4 is 10.8 Å². The van der Waals surface area contributed by atoms with E-state index in [1.807, 2.05) is 42.5 Å². The molecule has 0 aromatic heterocycles. The Morgan fingerprint density at radius 3 is 2.10 bits per heavy atom. The molecule has 0 saturated heterocycles. The van der Waals surface area contributed by atoms with Gasteiger partial charge in [-0.25, -0.2) is 0 Å². The largest absolute Gasteiger partial charge is 0.323 e. The summed E-state index contributed by atoms with van der Waals surface area (Å²) in [5.41, 5.74) is 8.65. The molecular weight excluding hydrogens is 278 g/mol. The first kappa shape index (κ1) is 15.9. The minimum Gasteiger partial charge on any atom is -0.323 e. The summed E-state index contributed by atoms with van der Waals surface area (Å²) in [6.07, 6.45) is 0. The topological polar surface area (TPSA) is 43.1 Å². The zero-order valence-electron chi connectivity index (χ0n) is 12.9. The van der Waals surface area contributed by atoms with Crippen LogP contribution < -0.4 is 5.73 Å². The van der Waals surface area contributed by atoms with Gasteiger partial charge in [-0.2, -0.15) is 0 Å². The lowest BCUT2D eigenvalue weighted by molar-refractivity contribution is 0.589. The van der Waals surface area contributed by atoms with Gasteiger partial charge < -0.3 is 5.73 Å². The molecule has 0 radical (unpaired) electrons. The zero-order valence-corrected chi connectivity index (χ0v) is 13.7. The molecule has 0 spiro atoms. The molecule has 0 fully saturated rings. The monoisotopic (exact) mass is 301 g/mol. The molecule has 0 bridgehead atoms. The Bertz CT molecular complexity index is 599. The molecule has 3 heteroatoms. The van der Waals surface area contributed by atoms with Gasteiger partial charge in [0.2, 0.25) is 0 Å². The molecule has 2 unspecified atom stereocenters. The van der Waals surface area contributed by atoms with Crippen molar-refractivity contribution in [2.24, 2.45) is 5.73 Å². The van der Waals surface area contributed by atoms with Gasteiger partial charge in [0.15, 0.2) is 0 Å². The van der Waals surface area contributed by atoms with Crippen molar-refractivity contribution in [3.8, 4) is 0 Å². The molecule has 0 aliphatic carbocycles. The number of hydrogen-bond donors (Lipinski definition) is 1. The fourth-order valence-corrected chi connectivity index (χ4v) is 3.33. The number of nitrogens with two attached hydrogens (primary N) is 1. The van der Waals surface area contributed by atoms with Gasteiger partial charge in [-0.05, 0) is 28.7 Å². The summed E-state index contributed by atoms with van der Waals surface area (Å²) in [4.78, 5) is 0.833. The van der Waals surface area contributed by atoms with Gasteiger partial charge in [0, 0.05) is 16.7 Å². The van der Waals surface area contributed by atoms with Gasteiger partial charge in [-0.3, -0.25) is 4.21 Å². The van der Waals surface area contributed by atoms with Crippen LogP contribution in [-0.2, 0) is 16.2 Å². The van der Waals surface area contributed by atoms with Crippen LogP contribution in [0.3, 0.4) is 0 Å². The molecule has 2 rings (SSSR count). The molecule has 21 heavy (non-hydrogen) atoms. The molecule has 0 heterocycles. The molecule has 112 valence electrons. The lowest BCUT2D eigenvalue weighted by atomic mass is 9.86. The van der Waals surface area contributed by atoms with Gasteiger partial charge in [-0.15, -0.1) is 0 Å². The average Bonchev–Trinajstić information content (AvgIpc) is 2.47. The van der Waals surface area contributed by atoms with E-state index < -0.39 is 10.8 Å². The summed E-state index contributed by atoms with van der Waals surface area (Å²) in [7, 11) is -1.06. The Morgan fingerprint density at radius 1 is 1.00 bits per heavy atom. The van der Waals surface area contributed by atoms with E-state index >= 15 is 0 Å². The van der Waals surface area contributed by atoms with Gasteiger partial charge in [0.25, 0.3) is 0 Å². The van der Waals surface area contributed by atoms with Crippen LogP contribution in [-0.4, -0.2) is 9.96 Å². The number of hydrogen-bond acceptors (Lipinski definition) is 2. The minimum atomic E-state index is -1.06. The molecule has 0 aliphatic heterocycles. The van der Waals surface area contributed by atoms with E-state index in [1.165, 1.54) is 5.56 Å². The molecule has 2 aromatic carbocycles. The van der Waals surface area contributed by atoms with Crippen molar-refractivity contribution in [2.75, 3.05) is 5.75 Å². The maximum atomic E-state index is 12.3. The van der Waals surface area contributed by atoms with Crippen LogP contribution in [0, 0.1) is 0 Å². The summed E-state index contributed by atoms with van der Waals surface area (Å²) in [6.45, 7) is 6.56. The molecule has 0 saturated carbocycles. The Balaban J connectivity index is 2.07. The molecule has 2 N–H and O–H groups in total. The third-order valence-corrected chi connectivity index (χ3v) is 5.00. The van der Waals surface area contributed by atoms with E-state index in [0.29, 0.717) is 5.75 Å². The van der Waals surface area contributed by atoms with Crippen LogP contribution >= 0.6 is 0 Å². The van der Waals surface area contributed by atoms with E-state index in [1.54, 1.807) is 0 Å². The van der Waals surface area contributed by atoms with Crippen LogP contribution in [0.15, 0.2) is 59.5 Å². The molecule has 0 aliphatic rings. The summed E-state index contributed by atoms with van der Waals surface area (Å²) >= 11 is 0. The van der Waals surface area contributed by atoms with E-state index in [0.717, 1.165) is 10.5 Å². The highest BCUT2D eigenvalue weighted by molar-refractivity contribution is 7.85. The summed E-state index contributed by atoms with van der Waals surface area (Å²) in [5, 5.41) is 0. The normalized spacial score (nSPS) is 14.7. The van der Waals surface area contributed by atoms with Gasteiger partial charge in [0.05, 0.1) is 10.8 Å². The lowest BCUT2D eigenvalue weighted by Crippen LogP contribution is -2.19. The van der Waals surface area contributed by atoms with Gasteiger partial charge in [0.1, 0.15) is 0 Å². The van der Waals surface area contributed by atoms with Crippen molar-refractivity contribution in [3.63, 3.8) is 0 Å². The van der Waals surface area contributed by atoms with Crippen LogP contribution in [0.2, 0.25) is 0 Å². The molecule has 2 atom stereocenters. The van der Waals surface area contributed by atoms with Crippen molar-refractivity contribution in [1.29, 1.82) is 0 Å². The quantitative estimate of drug-likeness (QED) is 0.933. The van der Waals surface area contributed by atoms with E-state index in [9.17, 15) is 4.21 Å². The maximum Gasteiger partial charge on any atom is 0.0548 e. The Hall–Kier alpha value is -1.45. The van der Waals surface area contributed by atoms with Gasteiger partial charge in [-0.1, -0.05) is 63.2 Å². The second-order valence-electron chi connectivity index (χ2n) is 6.30. The maximum absolute atomic E-state index is 12.3. The zero-order chi connectivity index (χ0) is 15.5. The predicted molar refractivity (Wildman–Crippen MR) is 89.8 cm³/mol. The van der Waals surface area contributed by atoms with E-state index in [4.69, 9.17) is 5.73 Å². The predicted octanol–water partition coefficient (Wildman–Crippen LogP) is 3.79. The first-order valence-electron chi connectivity index (χ1n) is 7.17. The highest BCUT2D eigenvalue weighted by Gasteiger charge is 2.15. The van der Waals surface area contributed by atoms with Crippen molar-refractivity contribution in [2.45, 2.75) is 37.1 Å². The standard InChI is InChI=1S/C18H23NOS/c1-18(2,3)15-11-9-14(10-12-15)17(19)13-21(20)16-7-5-4-6-8-16/h4-12,17H,13,19H2,1-3H3. The summed E-state index contributed by atoms with van der Waals surface area (Å²) < 4.78 is 12.3. The number of rotatable bonds is 4. The smallest absolute Gasteiger partial charge is 0.0548 e. The lowest BCUT2D eigenvalue weighted by Gasteiger charge is -2.20. The fraction of sp³-hybridized carbons (Fsp3) is 0.333. The molecule has 2 nitrogen and oxygen atoms in total. The Labute approximate surface area is 129 Å². The molecular formula is C18H23NOS. The first-order valence-corrected chi connectivity index (χ1v) is 8.49. The Kier molecular flexibility index (Phi) is 4.96. The third-order valence-electron chi connectivity index (χ3n) is 3.54. The number of benzene rings is 2. The van der Waals surface area contributed by atoms with E-state index in [2.05, 4.69) is 32.9 Å². The minimum absolute atomic E-state index is 0.134. The van der Waals surface area contributed by atoms with Crippen LogP contribution in [0.1, 0.15) is 37.9 Å². The van der Waals surface area contributed by atoms with E-state index in [-0.39, 0.29) is 11.5 Å². The fourth-order valence-electron chi connectivity index (χ4n) is 2.16. The highest BCUT2D eigenvalue weighted by Crippen LogP contribution is 2.24. The Morgan fingerprint density at radius 2 is 1.57 bits per heavy atom. The summed E-state index contributed by atoms with van der Waals surface area (Å²) in [5.74, 6) is 0.443. The van der Waals surface area contributed by atoms with Crippen molar-refractivity contribution in [3.05, 3.63) is 65.7 Å². The highest BCUT2D eigenvalue weighted by atomic mass is 32.2. The first-order chi connectivity index (χ1) is 9.88. The van der Waals surface area contributed by atoms with Crippen molar-refractivity contribution < 1.29 is 4.21 Å². The second kappa shape index (κ2) is 6.54. The second-order valence-corrected chi connectivity index (χ2v) is 7.80. The van der Waals surface area contributed by atoms with Crippen LogP contribution in [0.25, 0.3) is 0 Å². The molecule has 2 aromatic rings. The average molecular weight is 301 g/mol. The van der Waals surface area contributed by atoms with Crippen LogP contribution in [0.5, 0.6) is 0 Å². The van der Waals surface area contributed by atoms with Crippen LogP contribution in [0.4, 0.5) is 0 Å².